The van der Waals surface area contributed by atoms with Gasteiger partial charge in [0.2, 0.25) is 0 Å². The highest BCUT2D eigenvalue weighted by atomic mass is 16.6. The monoisotopic (exact) mass is 345 g/mol. The first-order valence-corrected chi connectivity index (χ1v) is 8.02. The Bertz CT molecular complexity index is 862. The summed E-state index contributed by atoms with van der Waals surface area (Å²) >= 11 is 0. The van der Waals surface area contributed by atoms with Crippen LogP contribution in [0.15, 0.2) is 44.7 Å². The first kappa shape index (κ1) is 17.2. The zero-order chi connectivity index (χ0) is 17.8. The highest BCUT2D eigenvalue weighted by Crippen LogP contribution is 2.30. The second kappa shape index (κ2) is 7.52. The number of allylic oxidation sites excluding steroid dienone is 3. The second-order valence-electron chi connectivity index (χ2n) is 6.09. The number of hydrogen-bond acceptors (Lipinski definition) is 5. The molecule has 0 radical (unpaired) electrons. The van der Waals surface area contributed by atoms with E-state index in [9.17, 15) is 9.59 Å². The zero-order valence-electron chi connectivity index (χ0n) is 13.8. The summed E-state index contributed by atoms with van der Waals surface area (Å²) in [5.41, 5.74) is 9.36. The Morgan fingerprint density at radius 2 is 2.36 bits per heavy atom. The number of H-pyrrole nitrogens is 1. The molecular weight excluding hydrogens is 326 g/mol. The van der Waals surface area contributed by atoms with Gasteiger partial charge in [0.05, 0.1) is 25.4 Å². The van der Waals surface area contributed by atoms with Gasteiger partial charge in [0.15, 0.2) is 0 Å². The van der Waals surface area contributed by atoms with Crippen LogP contribution < -0.4 is 11.2 Å². The van der Waals surface area contributed by atoms with Crippen molar-refractivity contribution in [2.24, 2.45) is 5.11 Å². The average Bonchev–Trinajstić information content (AvgIpc) is 3.22. The van der Waals surface area contributed by atoms with Crippen LogP contribution in [0.1, 0.15) is 24.6 Å². The van der Waals surface area contributed by atoms with Crippen LogP contribution in [0.3, 0.4) is 0 Å². The van der Waals surface area contributed by atoms with Crippen molar-refractivity contribution in [3.05, 3.63) is 66.8 Å². The van der Waals surface area contributed by atoms with Crippen molar-refractivity contribution in [2.45, 2.75) is 38.1 Å². The van der Waals surface area contributed by atoms with Gasteiger partial charge in [-0.15, -0.1) is 0 Å². The molecule has 1 N–H and O–H groups in total. The zero-order valence-corrected chi connectivity index (χ0v) is 13.8. The van der Waals surface area contributed by atoms with Gasteiger partial charge in [-0.05, 0) is 24.4 Å². The fourth-order valence-corrected chi connectivity index (χ4v) is 2.93. The van der Waals surface area contributed by atoms with Gasteiger partial charge in [-0.25, -0.2) is 4.79 Å². The number of aromatic nitrogens is 2. The van der Waals surface area contributed by atoms with Gasteiger partial charge in [-0.1, -0.05) is 23.3 Å². The first-order valence-electron chi connectivity index (χ1n) is 8.02. The van der Waals surface area contributed by atoms with E-state index in [0.29, 0.717) is 18.6 Å². The minimum Gasteiger partial charge on any atom is -0.374 e. The third kappa shape index (κ3) is 3.90. The summed E-state index contributed by atoms with van der Waals surface area (Å²) in [5.74, 6) is 0. The fourth-order valence-electron chi connectivity index (χ4n) is 2.93. The molecule has 3 rings (SSSR count). The van der Waals surface area contributed by atoms with Crippen molar-refractivity contribution in [1.29, 1.82) is 0 Å². The molecule has 0 amide bonds. The van der Waals surface area contributed by atoms with Crippen molar-refractivity contribution >= 4 is 0 Å². The van der Waals surface area contributed by atoms with Gasteiger partial charge in [-0.3, -0.25) is 14.3 Å². The van der Waals surface area contributed by atoms with Crippen molar-refractivity contribution in [1.82, 2.24) is 9.55 Å². The summed E-state index contributed by atoms with van der Waals surface area (Å²) in [6, 6.07) is -0.440. The predicted molar refractivity (Wildman–Crippen MR) is 90.2 cm³/mol. The van der Waals surface area contributed by atoms with Gasteiger partial charge in [0.1, 0.15) is 6.23 Å². The molecular formula is C16H19N5O4. The van der Waals surface area contributed by atoms with Crippen LogP contribution in [0.4, 0.5) is 0 Å². The lowest BCUT2D eigenvalue weighted by molar-refractivity contribution is -0.0421. The maximum Gasteiger partial charge on any atom is 0.330 e. The van der Waals surface area contributed by atoms with Crippen molar-refractivity contribution < 1.29 is 9.47 Å². The Morgan fingerprint density at radius 1 is 1.52 bits per heavy atom. The van der Waals surface area contributed by atoms with E-state index in [4.69, 9.17) is 15.0 Å². The van der Waals surface area contributed by atoms with E-state index in [1.165, 1.54) is 16.3 Å². The molecule has 0 saturated carbocycles. The third-order valence-electron chi connectivity index (χ3n) is 4.28. The van der Waals surface area contributed by atoms with E-state index in [1.807, 2.05) is 12.2 Å². The molecule has 0 unspecified atom stereocenters. The van der Waals surface area contributed by atoms with Crippen LogP contribution in [0, 0.1) is 6.92 Å². The van der Waals surface area contributed by atoms with E-state index >= 15 is 0 Å². The quantitative estimate of drug-likeness (QED) is 0.479. The molecule has 2 aliphatic rings. The van der Waals surface area contributed by atoms with Crippen LogP contribution in [-0.2, 0) is 9.47 Å². The lowest BCUT2D eigenvalue weighted by atomic mass is 10.1. The van der Waals surface area contributed by atoms with Crippen LogP contribution in [0.2, 0.25) is 0 Å². The molecule has 0 spiro atoms. The molecule has 9 heteroatoms. The number of nitrogens with zero attached hydrogens (tertiary/aromatic N) is 4. The molecule has 1 aromatic heterocycles. The number of aryl methyl sites for hydroxylation is 1. The molecule has 2 heterocycles. The van der Waals surface area contributed by atoms with E-state index in [-0.39, 0.29) is 6.61 Å². The van der Waals surface area contributed by atoms with Gasteiger partial charge in [0.25, 0.3) is 5.56 Å². The summed E-state index contributed by atoms with van der Waals surface area (Å²) < 4.78 is 12.9. The molecule has 3 atom stereocenters. The van der Waals surface area contributed by atoms with Crippen LogP contribution in [-0.4, -0.2) is 34.9 Å². The minimum absolute atomic E-state index is 0.259. The topological polar surface area (TPSA) is 122 Å². The smallest absolute Gasteiger partial charge is 0.330 e. The standard InChI is InChI=1S/C16H19N5O4/c1-10-7-21(16(23)18-15(10)22)14-6-12(19-20-17)13(25-14)9-24-8-11-4-2-3-5-11/h2-4,7,12-14H,5-6,8-9H2,1H3,(H,18,22,23)/t12-,13+,14+/m0/s1. The van der Waals surface area contributed by atoms with E-state index in [0.717, 1.165) is 6.42 Å². The normalized spacial score (nSPS) is 25.0. The molecule has 132 valence electrons. The van der Waals surface area contributed by atoms with E-state index in [2.05, 4.69) is 21.1 Å². The lowest BCUT2D eigenvalue weighted by Crippen LogP contribution is -2.33. The number of ether oxygens (including phenoxy) is 2. The van der Waals surface area contributed by atoms with Crippen LogP contribution in [0.25, 0.3) is 10.4 Å². The Hall–Kier alpha value is -2.61. The van der Waals surface area contributed by atoms with E-state index < -0.39 is 29.6 Å². The summed E-state index contributed by atoms with van der Waals surface area (Å²) in [4.78, 5) is 28.6. The molecule has 0 bridgehead atoms. The minimum atomic E-state index is -0.612. The largest absolute Gasteiger partial charge is 0.374 e. The maximum absolute atomic E-state index is 12.0. The summed E-state index contributed by atoms with van der Waals surface area (Å²) in [7, 11) is 0. The molecule has 25 heavy (non-hydrogen) atoms. The fraction of sp³-hybridized carbons (Fsp3) is 0.500. The molecule has 1 aliphatic carbocycles. The second-order valence-corrected chi connectivity index (χ2v) is 6.09. The number of nitrogens with one attached hydrogen (secondary N) is 1. The first-order chi connectivity index (χ1) is 12.1. The molecule has 0 aromatic carbocycles. The molecule has 1 saturated heterocycles. The molecule has 1 fully saturated rings. The highest BCUT2D eigenvalue weighted by Gasteiger charge is 2.36. The van der Waals surface area contributed by atoms with Crippen molar-refractivity contribution in [3.63, 3.8) is 0 Å². The van der Waals surface area contributed by atoms with Gasteiger partial charge in [-0.2, -0.15) is 0 Å². The van der Waals surface area contributed by atoms with Crippen LogP contribution in [0.5, 0.6) is 0 Å². The number of hydrogen-bond donors (Lipinski definition) is 1. The summed E-state index contributed by atoms with van der Waals surface area (Å²) in [6.45, 7) is 2.35. The molecule has 1 aromatic rings. The number of rotatable bonds is 6. The summed E-state index contributed by atoms with van der Waals surface area (Å²) in [6.07, 6.45) is 7.65. The number of azide groups is 1. The Morgan fingerprint density at radius 3 is 3.08 bits per heavy atom. The molecule has 1 aliphatic heterocycles. The van der Waals surface area contributed by atoms with E-state index in [1.54, 1.807) is 6.92 Å². The van der Waals surface area contributed by atoms with Crippen LogP contribution >= 0.6 is 0 Å². The predicted octanol–water partition coefficient (Wildman–Crippen LogP) is 1.71. The lowest BCUT2D eigenvalue weighted by Gasteiger charge is -2.17. The van der Waals surface area contributed by atoms with Crippen molar-refractivity contribution in [3.8, 4) is 0 Å². The Balaban J connectivity index is 1.69. The average molecular weight is 345 g/mol. The highest BCUT2D eigenvalue weighted by molar-refractivity contribution is 5.23. The van der Waals surface area contributed by atoms with Crippen molar-refractivity contribution in [2.75, 3.05) is 13.2 Å². The SMILES string of the molecule is Cc1cn([C@H]2C[C@H](N=[N+]=[N-])[C@@H](COCC3=CC=CC3)O2)c(=O)[nH]c1=O. The Labute approximate surface area is 143 Å². The molecule has 9 nitrogen and oxygen atoms in total. The number of aromatic amines is 1. The van der Waals surface area contributed by atoms with Gasteiger partial charge >= 0.3 is 5.69 Å². The van der Waals surface area contributed by atoms with Gasteiger partial charge < -0.3 is 9.47 Å². The Kier molecular flexibility index (Phi) is 5.18. The van der Waals surface area contributed by atoms with Gasteiger partial charge in [0, 0.05) is 23.1 Å². The maximum atomic E-state index is 12.0. The summed E-state index contributed by atoms with van der Waals surface area (Å²) in [5, 5.41) is 3.76. The third-order valence-corrected chi connectivity index (χ3v) is 4.28.